The van der Waals surface area contributed by atoms with Crippen LogP contribution in [0.3, 0.4) is 0 Å². The molecule has 2 aliphatic rings. The van der Waals surface area contributed by atoms with E-state index in [4.69, 9.17) is 9.47 Å². The Balaban J connectivity index is 1.24. The molecule has 3 aromatic rings. The number of hydrogen-bond acceptors (Lipinski definition) is 7. The molecular weight excluding hydrogens is 418 g/mol. The Kier molecular flexibility index (Phi) is 4.67. The van der Waals surface area contributed by atoms with E-state index in [0.717, 1.165) is 21.0 Å². The van der Waals surface area contributed by atoms with Gasteiger partial charge in [-0.15, -0.1) is 11.3 Å². The summed E-state index contributed by atoms with van der Waals surface area (Å²) < 4.78 is 10.8. The van der Waals surface area contributed by atoms with Crippen LogP contribution in [0.2, 0.25) is 0 Å². The average Bonchev–Trinajstić information content (AvgIpc) is 3.44. The molecule has 3 heterocycles. The number of carbonyl (C=O) groups excluding carboxylic acids is 3. The normalized spacial score (nSPS) is 14.2. The van der Waals surface area contributed by atoms with Gasteiger partial charge in [-0.05, 0) is 37.3 Å². The summed E-state index contributed by atoms with van der Waals surface area (Å²) in [6.07, 6.45) is -0.0105. The molecule has 5 rings (SSSR count). The van der Waals surface area contributed by atoms with Crippen molar-refractivity contribution in [1.82, 2.24) is 9.88 Å². The van der Waals surface area contributed by atoms with Gasteiger partial charge in [-0.2, -0.15) is 0 Å². The summed E-state index contributed by atoms with van der Waals surface area (Å²) in [5.74, 6) is 0.296. The number of thiazole rings is 1. The summed E-state index contributed by atoms with van der Waals surface area (Å²) in [4.78, 5) is 43.8. The van der Waals surface area contributed by atoms with Crippen molar-refractivity contribution in [3.8, 4) is 22.8 Å². The van der Waals surface area contributed by atoms with E-state index in [0.29, 0.717) is 27.8 Å². The van der Waals surface area contributed by atoms with Gasteiger partial charge >= 0.3 is 0 Å². The number of hydrogen-bond donors (Lipinski definition) is 1. The molecule has 2 aliphatic heterocycles. The Bertz CT molecular complexity index is 1200. The highest BCUT2D eigenvalue weighted by Gasteiger charge is 2.35. The lowest BCUT2D eigenvalue weighted by Gasteiger charge is -2.12. The van der Waals surface area contributed by atoms with Crippen molar-refractivity contribution in [3.05, 3.63) is 58.5 Å². The fourth-order valence-electron chi connectivity index (χ4n) is 3.60. The van der Waals surface area contributed by atoms with Crippen molar-refractivity contribution < 1.29 is 23.9 Å². The number of rotatable bonds is 5. The van der Waals surface area contributed by atoms with Gasteiger partial charge in [0.2, 0.25) is 12.7 Å². The number of anilines is 1. The van der Waals surface area contributed by atoms with Crippen LogP contribution in [0.1, 0.15) is 32.0 Å². The molecule has 0 saturated heterocycles. The van der Waals surface area contributed by atoms with Crippen LogP contribution in [0.5, 0.6) is 11.5 Å². The molecule has 0 aliphatic carbocycles. The fourth-order valence-corrected chi connectivity index (χ4v) is 4.45. The van der Waals surface area contributed by atoms with Crippen LogP contribution >= 0.6 is 11.3 Å². The molecule has 2 aromatic carbocycles. The van der Waals surface area contributed by atoms with Gasteiger partial charge in [-0.3, -0.25) is 19.3 Å². The molecule has 31 heavy (non-hydrogen) atoms. The Labute approximate surface area is 181 Å². The zero-order valence-electron chi connectivity index (χ0n) is 16.5. The van der Waals surface area contributed by atoms with Crippen molar-refractivity contribution in [3.63, 3.8) is 0 Å². The first-order valence-corrected chi connectivity index (χ1v) is 10.5. The molecule has 9 heteroatoms. The fraction of sp³-hybridized carbons (Fsp3) is 0.182. The quantitative estimate of drug-likeness (QED) is 0.617. The van der Waals surface area contributed by atoms with Crippen LogP contribution in [0.15, 0.2) is 42.5 Å². The number of imide groups is 1. The molecule has 0 saturated carbocycles. The van der Waals surface area contributed by atoms with Crippen LogP contribution in [0.25, 0.3) is 11.3 Å². The van der Waals surface area contributed by atoms with E-state index in [1.165, 1.54) is 11.3 Å². The number of carbonyl (C=O) groups is 3. The SMILES string of the molecule is Cc1sc(NC(=O)CCN2C(=O)c3ccccc3C2=O)nc1-c1ccc2c(c1)OCO2. The number of aromatic nitrogens is 1. The number of amides is 3. The second-order valence-corrected chi connectivity index (χ2v) is 8.30. The molecule has 0 bridgehead atoms. The lowest BCUT2D eigenvalue weighted by Crippen LogP contribution is -2.32. The van der Waals surface area contributed by atoms with E-state index in [9.17, 15) is 14.4 Å². The Morgan fingerprint density at radius 2 is 1.81 bits per heavy atom. The first kappa shape index (κ1) is 19.3. The summed E-state index contributed by atoms with van der Waals surface area (Å²) in [5.41, 5.74) is 2.36. The summed E-state index contributed by atoms with van der Waals surface area (Å²) in [5, 5.41) is 3.22. The smallest absolute Gasteiger partial charge is 0.261 e. The lowest BCUT2D eigenvalue weighted by molar-refractivity contribution is -0.116. The van der Waals surface area contributed by atoms with Gasteiger partial charge in [-0.1, -0.05) is 12.1 Å². The molecule has 0 spiro atoms. The van der Waals surface area contributed by atoms with Crippen molar-refractivity contribution in [2.75, 3.05) is 18.7 Å². The number of nitrogens with one attached hydrogen (secondary N) is 1. The molecule has 156 valence electrons. The third kappa shape index (κ3) is 3.42. The highest BCUT2D eigenvalue weighted by Crippen LogP contribution is 2.38. The summed E-state index contributed by atoms with van der Waals surface area (Å²) in [7, 11) is 0. The van der Waals surface area contributed by atoms with Crippen LogP contribution in [-0.4, -0.2) is 40.9 Å². The van der Waals surface area contributed by atoms with Crippen LogP contribution in [0, 0.1) is 6.92 Å². The minimum Gasteiger partial charge on any atom is -0.454 e. The maximum Gasteiger partial charge on any atom is 0.261 e. The predicted molar refractivity (Wildman–Crippen MR) is 113 cm³/mol. The number of benzene rings is 2. The molecule has 8 nitrogen and oxygen atoms in total. The van der Waals surface area contributed by atoms with Gasteiger partial charge in [0, 0.05) is 23.4 Å². The topological polar surface area (TPSA) is 97.8 Å². The van der Waals surface area contributed by atoms with E-state index < -0.39 is 0 Å². The minimum atomic E-state index is -0.372. The van der Waals surface area contributed by atoms with E-state index in [-0.39, 0.29) is 37.5 Å². The maximum absolute atomic E-state index is 12.4. The van der Waals surface area contributed by atoms with Crippen LogP contribution in [0.4, 0.5) is 5.13 Å². The van der Waals surface area contributed by atoms with E-state index >= 15 is 0 Å². The highest BCUT2D eigenvalue weighted by molar-refractivity contribution is 7.16. The number of aryl methyl sites for hydroxylation is 1. The monoisotopic (exact) mass is 435 g/mol. The zero-order valence-corrected chi connectivity index (χ0v) is 17.3. The molecule has 3 amide bonds. The van der Waals surface area contributed by atoms with E-state index in [1.54, 1.807) is 24.3 Å². The summed E-state index contributed by atoms with van der Waals surface area (Å²) in [6.45, 7) is 2.13. The van der Waals surface area contributed by atoms with E-state index in [1.807, 2.05) is 25.1 Å². The third-order valence-electron chi connectivity index (χ3n) is 5.13. The number of fused-ring (bicyclic) bond motifs is 2. The Morgan fingerprint density at radius 1 is 1.10 bits per heavy atom. The zero-order chi connectivity index (χ0) is 21.5. The number of nitrogens with zero attached hydrogens (tertiary/aromatic N) is 2. The predicted octanol–water partition coefficient (Wildman–Crippen LogP) is 3.47. The van der Waals surface area contributed by atoms with Crippen LogP contribution < -0.4 is 14.8 Å². The van der Waals surface area contributed by atoms with Gasteiger partial charge in [0.15, 0.2) is 16.6 Å². The third-order valence-corrected chi connectivity index (χ3v) is 6.02. The lowest BCUT2D eigenvalue weighted by atomic mass is 10.1. The van der Waals surface area contributed by atoms with Gasteiger partial charge in [0.25, 0.3) is 11.8 Å². The minimum absolute atomic E-state index is 0.0105. The Hall–Kier alpha value is -3.72. The van der Waals surface area contributed by atoms with Crippen molar-refractivity contribution in [2.45, 2.75) is 13.3 Å². The van der Waals surface area contributed by atoms with Crippen LogP contribution in [-0.2, 0) is 4.79 Å². The molecule has 0 fully saturated rings. The maximum atomic E-state index is 12.4. The van der Waals surface area contributed by atoms with E-state index in [2.05, 4.69) is 10.3 Å². The van der Waals surface area contributed by atoms with Gasteiger partial charge in [0.05, 0.1) is 16.8 Å². The molecule has 1 aromatic heterocycles. The first-order chi connectivity index (χ1) is 15.0. The van der Waals surface area contributed by atoms with Gasteiger partial charge in [0.1, 0.15) is 0 Å². The van der Waals surface area contributed by atoms with Crippen molar-refractivity contribution in [1.29, 1.82) is 0 Å². The van der Waals surface area contributed by atoms with Gasteiger partial charge < -0.3 is 14.8 Å². The number of ether oxygens (including phenoxy) is 2. The van der Waals surface area contributed by atoms with Crippen molar-refractivity contribution >= 4 is 34.2 Å². The molecule has 0 atom stereocenters. The van der Waals surface area contributed by atoms with Crippen molar-refractivity contribution in [2.24, 2.45) is 0 Å². The highest BCUT2D eigenvalue weighted by atomic mass is 32.1. The molecular formula is C22H17N3O5S. The second-order valence-electron chi connectivity index (χ2n) is 7.10. The summed E-state index contributed by atoms with van der Waals surface area (Å²) >= 11 is 1.36. The average molecular weight is 435 g/mol. The summed E-state index contributed by atoms with van der Waals surface area (Å²) in [6, 6.07) is 12.2. The second kappa shape index (κ2) is 7.51. The van der Waals surface area contributed by atoms with Gasteiger partial charge in [-0.25, -0.2) is 4.98 Å². The standard InChI is InChI=1S/C22H17N3O5S/c1-12-19(13-6-7-16-17(10-13)30-11-29-16)24-22(31-12)23-18(26)8-9-25-20(27)14-4-2-3-5-15(14)21(25)28/h2-7,10H,8-9,11H2,1H3,(H,23,24,26). The first-order valence-electron chi connectivity index (χ1n) is 9.64. The molecule has 0 radical (unpaired) electrons. The molecule has 0 unspecified atom stereocenters. The molecule has 1 N–H and O–H groups in total. The Morgan fingerprint density at radius 3 is 2.55 bits per heavy atom. The largest absolute Gasteiger partial charge is 0.454 e.